The van der Waals surface area contributed by atoms with Gasteiger partial charge in [-0.25, -0.2) is 9.67 Å². The van der Waals surface area contributed by atoms with Crippen LogP contribution in [0.15, 0.2) is 18.2 Å². The zero-order chi connectivity index (χ0) is 17.3. The number of hydrogen-bond donors (Lipinski definition) is 1. The maximum absolute atomic E-state index is 12.8. The molecule has 6 nitrogen and oxygen atoms in total. The largest absolute Gasteiger partial charge is 0.331 e. The monoisotopic (exact) mass is 367 g/mol. The first-order valence-electron chi connectivity index (χ1n) is 7.95. The van der Waals surface area contributed by atoms with Gasteiger partial charge in [0, 0.05) is 32.1 Å². The first-order chi connectivity index (χ1) is 11.5. The Morgan fingerprint density at radius 3 is 2.71 bits per heavy atom. The third-order valence-corrected chi connectivity index (χ3v) is 4.70. The molecule has 128 valence electrons. The Hall–Kier alpha value is -1.63. The molecule has 2 heterocycles. The van der Waals surface area contributed by atoms with Crippen LogP contribution in [0.4, 0.5) is 0 Å². The van der Waals surface area contributed by atoms with Crippen LogP contribution in [-0.4, -0.2) is 51.2 Å². The zero-order valence-electron chi connectivity index (χ0n) is 13.6. The Bertz CT molecular complexity index is 741. The van der Waals surface area contributed by atoms with Crippen molar-refractivity contribution in [3.63, 3.8) is 0 Å². The summed E-state index contributed by atoms with van der Waals surface area (Å²) in [6.07, 6.45) is 0.610. The molecule has 1 atom stereocenters. The molecule has 0 bridgehead atoms. The van der Waals surface area contributed by atoms with Crippen LogP contribution in [-0.2, 0) is 6.42 Å². The fourth-order valence-corrected chi connectivity index (χ4v) is 3.36. The molecule has 0 radical (unpaired) electrons. The summed E-state index contributed by atoms with van der Waals surface area (Å²) in [5.41, 5.74) is 0.553. The van der Waals surface area contributed by atoms with E-state index < -0.39 is 0 Å². The number of benzene rings is 1. The molecule has 1 aromatic carbocycles. The van der Waals surface area contributed by atoms with Crippen molar-refractivity contribution in [1.29, 1.82) is 0 Å². The third-order valence-electron chi connectivity index (χ3n) is 4.09. The van der Waals surface area contributed by atoms with E-state index in [1.807, 2.05) is 13.8 Å². The fraction of sp³-hybridized carbons (Fsp3) is 0.438. The van der Waals surface area contributed by atoms with Crippen molar-refractivity contribution in [2.75, 3.05) is 19.6 Å². The van der Waals surface area contributed by atoms with Gasteiger partial charge in [-0.05, 0) is 19.1 Å². The number of aryl methyl sites for hydroxylation is 1. The van der Waals surface area contributed by atoms with Gasteiger partial charge in [-0.15, -0.1) is 5.10 Å². The molecule has 1 saturated heterocycles. The van der Waals surface area contributed by atoms with Crippen molar-refractivity contribution in [2.45, 2.75) is 26.3 Å². The van der Waals surface area contributed by atoms with Crippen molar-refractivity contribution >= 4 is 29.1 Å². The van der Waals surface area contributed by atoms with Gasteiger partial charge >= 0.3 is 0 Å². The van der Waals surface area contributed by atoms with Crippen molar-refractivity contribution in [3.8, 4) is 5.69 Å². The topological polar surface area (TPSA) is 63.1 Å². The number of amides is 1. The highest BCUT2D eigenvalue weighted by atomic mass is 35.5. The van der Waals surface area contributed by atoms with Gasteiger partial charge in [0.2, 0.25) is 5.82 Å². The van der Waals surface area contributed by atoms with Gasteiger partial charge in [0.05, 0.1) is 10.0 Å². The minimum Gasteiger partial charge on any atom is -0.331 e. The fourth-order valence-electron chi connectivity index (χ4n) is 2.81. The Morgan fingerprint density at radius 1 is 1.38 bits per heavy atom. The number of nitrogens with zero attached hydrogens (tertiary/aromatic N) is 4. The van der Waals surface area contributed by atoms with E-state index in [0.29, 0.717) is 34.5 Å². The molecule has 2 aromatic rings. The van der Waals surface area contributed by atoms with Crippen molar-refractivity contribution in [2.24, 2.45) is 0 Å². The molecule has 0 aliphatic carbocycles. The highest BCUT2D eigenvalue weighted by molar-refractivity contribution is 6.37. The number of nitrogens with one attached hydrogen (secondary N) is 1. The Kier molecular flexibility index (Phi) is 5.08. The summed E-state index contributed by atoms with van der Waals surface area (Å²) in [4.78, 5) is 19.0. The zero-order valence-corrected chi connectivity index (χ0v) is 15.1. The van der Waals surface area contributed by atoms with E-state index in [1.54, 1.807) is 27.8 Å². The Morgan fingerprint density at radius 2 is 2.08 bits per heavy atom. The second-order valence-electron chi connectivity index (χ2n) is 5.74. The number of piperazine rings is 1. The average molecular weight is 368 g/mol. The molecule has 1 aromatic heterocycles. The molecule has 0 saturated carbocycles. The first-order valence-corrected chi connectivity index (χ1v) is 8.70. The standard InChI is InChI=1S/C16H19Cl2N5O/c1-3-13-20-15(16(24)22-8-7-19-9-10(22)2)21-23(13)14-11(17)5-4-6-12(14)18/h4-6,10,19H,3,7-9H2,1-2H3. The Balaban J connectivity index is 2.00. The van der Waals surface area contributed by atoms with E-state index in [4.69, 9.17) is 23.2 Å². The predicted octanol–water partition coefficient (Wildman–Crippen LogP) is 2.57. The highest BCUT2D eigenvalue weighted by Crippen LogP contribution is 2.29. The molecule has 1 aliphatic rings. The second-order valence-corrected chi connectivity index (χ2v) is 6.55. The molecule has 1 aliphatic heterocycles. The highest BCUT2D eigenvalue weighted by Gasteiger charge is 2.28. The normalized spacial score (nSPS) is 18.0. The quantitative estimate of drug-likeness (QED) is 0.905. The van der Waals surface area contributed by atoms with E-state index in [9.17, 15) is 4.79 Å². The van der Waals surface area contributed by atoms with Gasteiger partial charge in [-0.3, -0.25) is 4.79 Å². The van der Waals surface area contributed by atoms with Gasteiger partial charge in [0.1, 0.15) is 11.5 Å². The lowest BCUT2D eigenvalue weighted by Crippen LogP contribution is -2.52. The summed E-state index contributed by atoms with van der Waals surface area (Å²) in [7, 11) is 0. The van der Waals surface area contributed by atoms with Gasteiger partial charge in [-0.1, -0.05) is 36.2 Å². The lowest BCUT2D eigenvalue weighted by molar-refractivity contribution is 0.0643. The third kappa shape index (κ3) is 3.14. The number of carbonyl (C=O) groups is 1. The second kappa shape index (κ2) is 7.09. The van der Waals surface area contributed by atoms with Gasteiger partial charge in [0.25, 0.3) is 5.91 Å². The maximum Gasteiger partial charge on any atom is 0.293 e. The van der Waals surface area contributed by atoms with Gasteiger partial charge in [-0.2, -0.15) is 0 Å². The minimum absolute atomic E-state index is 0.104. The summed E-state index contributed by atoms with van der Waals surface area (Å²) in [6.45, 7) is 6.14. The molecule has 1 unspecified atom stereocenters. The van der Waals surface area contributed by atoms with Crippen LogP contribution >= 0.6 is 23.2 Å². The van der Waals surface area contributed by atoms with Crippen LogP contribution in [0.1, 0.15) is 30.3 Å². The Labute approximate surface area is 150 Å². The van der Waals surface area contributed by atoms with E-state index in [-0.39, 0.29) is 17.8 Å². The number of halogens is 2. The lowest BCUT2D eigenvalue weighted by Gasteiger charge is -2.33. The van der Waals surface area contributed by atoms with Crippen LogP contribution in [0.3, 0.4) is 0 Å². The number of carbonyl (C=O) groups excluding carboxylic acids is 1. The minimum atomic E-state index is -0.166. The molecular formula is C16H19Cl2N5O. The van der Waals surface area contributed by atoms with Crippen LogP contribution in [0.5, 0.6) is 0 Å². The summed E-state index contributed by atoms with van der Waals surface area (Å²) in [5, 5.41) is 8.61. The molecular weight excluding hydrogens is 349 g/mol. The number of para-hydroxylation sites is 1. The smallest absolute Gasteiger partial charge is 0.293 e. The summed E-state index contributed by atoms with van der Waals surface area (Å²) in [6, 6.07) is 5.35. The number of aromatic nitrogens is 3. The maximum atomic E-state index is 12.8. The van der Waals surface area contributed by atoms with E-state index in [2.05, 4.69) is 15.4 Å². The van der Waals surface area contributed by atoms with Crippen molar-refractivity contribution in [1.82, 2.24) is 25.0 Å². The van der Waals surface area contributed by atoms with Gasteiger partial charge in [0.15, 0.2) is 0 Å². The van der Waals surface area contributed by atoms with E-state index in [1.165, 1.54) is 0 Å². The van der Waals surface area contributed by atoms with E-state index >= 15 is 0 Å². The van der Waals surface area contributed by atoms with Crippen LogP contribution in [0.25, 0.3) is 5.69 Å². The number of hydrogen-bond acceptors (Lipinski definition) is 4. The van der Waals surface area contributed by atoms with Crippen LogP contribution in [0.2, 0.25) is 10.0 Å². The summed E-state index contributed by atoms with van der Waals surface area (Å²) >= 11 is 12.6. The number of rotatable bonds is 3. The molecule has 8 heteroatoms. The molecule has 0 spiro atoms. The lowest BCUT2D eigenvalue weighted by atomic mass is 10.2. The van der Waals surface area contributed by atoms with Crippen LogP contribution in [0, 0.1) is 0 Å². The first kappa shape index (κ1) is 17.2. The molecule has 1 fully saturated rings. The molecule has 3 rings (SSSR count). The van der Waals surface area contributed by atoms with E-state index in [0.717, 1.165) is 13.1 Å². The molecule has 1 N–H and O–H groups in total. The van der Waals surface area contributed by atoms with Crippen molar-refractivity contribution < 1.29 is 4.79 Å². The van der Waals surface area contributed by atoms with Crippen molar-refractivity contribution in [3.05, 3.63) is 39.9 Å². The molecule has 24 heavy (non-hydrogen) atoms. The van der Waals surface area contributed by atoms with Gasteiger partial charge < -0.3 is 10.2 Å². The SMILES string of the molecule is CCc1nc(C(=O)N2CCNCC2C)nn1-c1c(Cl)cccc1Cl. The molecule has 1 amide bonds. The summed E-state index contributed by atoms with van der Waals surface area (Å²) in [5.74, 6) is 0.661. The summed E-state index contributed by atoms with van der Waals surface area (Å²) < 4.78 is 1.57. The average Bonchev–Trinajstić information content (AvgIpc) is 2.98. The predicted molar refractivity (Wildman–Crippen MR) is 94.1 cm³/mol. The van der Waals surface area contributed by atoms with Crippen LogP contribution < -0.4 is 5.32 Å².